The molecule has 2 aliphatic heterocycles. The van der Waals surface area contributed by atoms with Crippen LogP contribution in [0.15, 0.2) is 17.2 Å². The van der Waals surface area contributed by atoms with E-state index in [9.17, 15) is 13.6 Å². The molecule has 0 unspecified atom stereocenters. The molecule has 3 rings (SSSR count). The van der Waals surface area contributed by atoms with Gasteiger partial charge in [0.2, 0.25) is 0 Å². The van der Waals surface area contributed by atoms with Gasteiger partial charge in [0.25, 0.3) is 12.0 Å². The van der Waals surface area contributed by atoms with Crippen LogP contribution in [-0.4, -0.2) is 71.8 Å². The molecule has 0 atom stereocenters. The Bertz CT molecular complexity index is 597. The Balaban J connectivity index is 1.42. The zero-order valence-corrected chi connectivity index (χ0v) is 14.4. The highest BCUT2D eigenvalue weighted by Crippen LogP contribution is 2.19. The summed E-state index contributed by atoms with van der Waals surface area (Å²) >= 11 is 0. The number of hydrogen-bond donors (Lipinski definition) is 0. The van der Waals surface area contributed by atoms with Gasteiger partial charge < -0.3 is 9.64 Å². The zero-order valence-electron chi connectivity index (χ0n) is 14.4. The summed E-state index contributed by atoms with van der Waals surface area (Å²) < 4.78 is 31.9. The van der Waals surface area contributed by atoms with E-state index in [1.165, 1.54) is 10.9 Å². The Kier molecular flexibility index (Phi) is 6.50. The van der Waals surface area contributed by atoms with Gasteiger partial charge in [0.1, 0.15) is 5.69 Å². The van der Waals surface area contributed by atoms with E-state index < -0.39 is 12.1 Å². The van der Waals surface area contributed by atoms with Gasteiger partial charge >= 0.3 is 0 Å². The van der Waals surface area contributed by atoms with E-state index >= 15 is 0 Å². The van der Waals surface area contributed by atoms with Gasteiger partial charge in [-0.05, 0) is 31.8 Å². The maximum absolute atomic E-state index is 12.6. The fraction of sp³-hybridized carbons (Fsp3) is 0.765. The fourth-order valence-corrected chi connectivity index (χ4v) is 3.47. The summed E-state index contributed by atoms with van der Waals surface area (Å²) in [7, 11) is 0. The van der Waals surface area contributed by atoms with Crippen molar-refractivity contribution in [3.8, 4) is 0 Å². The topological polar surface area (TPSA) is 50.6 Å². The number of nitrogens with zero attached hydrogens (tertiary/aromatic N) is 4. The van der Waals surface area contributed by atoms with Gasteiger partial charge in [0.15, 0.2) is 0 Å². The van der Waals surface area contributed by atoms with Crippen LogP contribution in [0, 0.1) is 5.92 Å². The summed E-state index contributed by atoms with van der Waals surface area (Å²) in [5.41, 5.74) is -0.834. The SMILES string of the molecule is O=c1cc(C(F)F)ncn1CC1CCN(CCN2CCOCC2)CC1. The molecule has 0 aromatic carbocycles. The zero-order chi connectivity index (χ0) is 17.6. The number of ether oxygens (including phenoxy) is 1. The Labute approximate surface area is 146 Å². The van der Waals surface area contributed by atoms with Crippen LogP contribution in [0.1, 0.15) is 25.0 Å². The maximum atomic E-state index is 12.6. The number of morpholine rings is 1. The Morgan fingerprint density at radius 3 is 2.36 bits per heavy atom. The van der Waals surface area contributed by atoms with Gasteiger partial charge in [-0.3, -0.25) is 14.3 Å². The summed E-state index contributed by atoms with van der Waals surface area (Å²) in [5, 5.41) is 0. The highest BCUT2D eigenvalue weighted by atomic mass is 19.3. The van der Waals surface area contributed by atoms with Gasteiger partial charge in [-0.25, -0.2) is 13.8 Å². The molecule has 0 spiro atoms. The largest absolute Gasteiger partial charge is 0.379 e. The predicted octanol–water partition coefficient (Wildman–Crippen LogP) is 1.23. The lowest BCUT2D eigenvalue weighted by molar-refractivity contribution is 0.0312. The molecule has 2 fully saturated rings. The molecule has 2 aliphatic rings. The van der Waals surface area contributed by atoms with Gasteiger partial charge in [-0.1, -0.05) is 0 Å². The van der Waals surface area contributed by atoms with Crippen LogP contribution in [0.2, 0.25) is 0 Å². The maximum Gasteiger partial charge on any atom is 0.280 e. The smallest absolute Gasteiger partial charge is 0.280 e. The average Bonchev–Trinajstić information content (AvgIpc) is 2.63. The van der Waals surface area contributed by atoms with Crippen LogP contribution in [0.4, 0.5) is 8.78 Å². The van der Waals surface area contributed by atoms with E-state index in [4.69, 9.17) is 4.74 Å². The number of likely N-dealkylation sites (tertiary alicyclic amines) is 1. The fourth-order valence-electron chi connectivity index (χ4n) is 3.47. The minimum atomic E-state index is -2.70. The molecule has 0 bridgehead atoms. The Morgan fingerprint density at radius 1 is 1.12 bits per heavy atom. The van der Waals surface area contributed by atoms with Crippen molar-refractivity contribution in [1.82, 2.24) is 19.4 Å². The first-order valence-corrected chi connectivity index (χ1v) is 8.99. The van der Waals surface area contributed by atoms with E-state index in [0.29, 0.717) is 12.5 Å². The number of halogens is 2. The van der Waals surface area contributed by atoms with Crippen molar-refractivity contribution in [3.05, 3.63) is 28.4 Å². The van der Waals surface area contributed by atoms with Crippen molar-refractivity contribution < 1.29 is 13.5 Å². The Morgan fingerprint density at radius 2 is 1.76 bits per heavy atom. The molecule has 1 aromatic rings. The number of aromatic nitrogens is 2. The normalized spacial score (nSPS) is 21.1. The standard InChI is InChI=1S/C17H26F2N4O2/c18-17(19)15-11-16(24)23(13-20-15)12-14-1-3-21(4-2-14)5-6-22-7-9-25-10-8-22/h11,13-14,17H,1-10,12H2. The molecule has 3 heterocycles. The number of alkyl halides is 2. The molecule has 0 aliphatic carbocycles. The summed E-state index contributed by atoms with van der Waals surface area (Å²) in [6.45, 7) is 8.43. The Hall–Kier alpha value is -1.38. The van der Waals surface area contributed by atoms with Crippen LogP contribution in [0.25, 0.3) is 0 Å². The molecule has 6 nitrogen and oxygen atoms in total. The molecule has 2 saturated heterocycles. The van der Waals surface area contributed by atoms with E-state index in [0.717, 1.165) is 71.4 Å². The van der Waals surface area contributed by atoms with Crippen LogP contribution < -0.4 is 5.56 Å². The molecular weight excluding hydrogens is 330 g/mol. The molecule has 25 heavy (non-hydrogen) atoms. The minimum Gasteiger partial charge on any atom is -0.379 e. The van der Waals surface area contributed by atoms with Crippen molar-refractivity contribution in [2.45, 2.75) is 25.8 Å². The van der Waals surface area contributed by atoms with Crippen LogP contribution in [0.5, 0.6) is 0 Å². The minimum absolute atomic E-state index is 0.389. The molecule has 0 radical (unpaired) electrons. The average molecular weight is 356 g/mol. The van der Waals surface area contributed by atoms with E-state index in [1.54, 1.807) is 0 Å². The van der Waals surface area contributed by atoms with Crippen molar-refractivity contribution in [2.75, 3.05) is 52.5 Å². The monoisotopic (exact) mass is 356 g/mol. The van der Waals surface area contributed by atoms with Crippen LogP contribution in [0.3, 0.4) is 0 Å². The summed E-state index contributed by atoms with van der Waals surface area (Å²) in [4.78, 5) is 20.5. The molecular formula is C17H26F2N4O2. The third-order valence-corrected chi connectivity index (χ3v) is 5.12. The molecule has 8 heteroatoms. The van der Waals surface area contributed by atoms with Gasteiger partial charge in [-0.2, -0.15) is 0 Å². The molecule has 140 valence electrons. The lowest BCUT2D eigenvalue weighted by Gasteiger charge is -2.34. The van der Waals surface area contributed by atoms with Crippen molar-refractivity contribution >= 4 is 0 Å². The third kappa shape index (κ3) is 5.29. The lowest BCUT2D eigenvalue weighted by Crippen LogP contribution is -2.44. The van der Waals surface area contributed by atoms with Gasteiger partial charge in [-0.15, -0.1) is 0 Å². The molecule has 1 aromatic heterocycles. The molecule has 0 N–H and O–H groups in total. The second kappa shape index (κ2) is 8.82. The van der Waals surface area contributed by atoms with Crippen molar-refractivity contribution in [3.63, 3.8) is 0 Å². The quantitative estimate of drug-likeness (QED) is 0.767. The number of hydrogen-bond acceptors (Lipinski definition) is 5. The first kappa shape index (κ1) is 18.4. The van der Waals surface area contributed by atoms with Crippen molar-refractivity contribution in [2.24, 2.45) is 5.92 Å². The number of piperidine rings is 1. The predicted molar refractivity (Wildman–Crippen MR) is 89.9 cm³/mol. The first-order chi connectivity index (χ1) is 12.1. The van der Waals surface area contributed by atoms with Crippen LogP contribution in [-0.2, 0) is 11.3 Å². The lowest BCUT2D eigenvalue weighted by atomic mass is 9.96. The summed E-state index contributed by atoms with van der Waals surface area (Å²) in [6, 6.07) is 0.947. The summed E-state index contributed by atoms with van der Waals surface area (Å²) in [6.07, 6.45) is 0.601. The summed E-state index contributed by atoms with van der Waals surface area (Å²) in [5.74, 6) is 0.400. The van der Waals surface area contributed by atoms with Gasteiger partial charge in [0, 0.05) is 38.8 Å². The van der Waals surface area contributed by atoms with E-state index in [2.05, 4.69) is 14.8 Å². The second-order valence-electron chi connectivity index (χ2n) is 6.84. The molecule has 0 amide bonds. The number of rotatable bonds is 6. The third-order valence-electron chi connectivity index (χ3n) is 5.12. The highest BCUT2D eigenvalue weighted by Gasteiger charge is 2.21. The van der Waals surface area contributed by atoms with E-state index in [-0.39, 0.29) is 5.56 Å². The molecule has 0 saturated carbocycles. The second-order valence-corrected chi connectivity index (χ2v) is 6.84. The van der Waals surface area contributed by atoms with Crippen LogP contribution >= 0.6 is 0 Å². The first-order valence-electron chi connectivity index (χ1n) is 8.99. The van der Waals surface area contributed by atoms with Gasteiger partial charge in [0.05, 0.1) is 19.5 Å². The van der Waals surface area contributed by atoms with E-state index in [1.807, 2.05) is 0 Å². The highest BCUT2D eigenvalue weighted by molar-refractivity contribution is 5.00. The van der Waals surface area contributed by atoms with Crippen molar-refractivity contribution in [1.29, 1.82) is 0 Å².